The molecule has 0 saturated carbocycles. The van der Waals surface area contributed by atoms with Crippen molar-refractivity contribution in [3.63, 3.8) is 0 Å². The van der Waals surface area contributed by atoms with Gasteiger partial charge in [-0.05, 0) is 42.5 Å². The average Bonchev–Trinajstić information content (AvgIpc) is 2.65. The summed E-state index contributed by atoms with van der Waals surface area (Å²) in [7, 11) is 3.39. The molecule has 3 amide bonds. The van der Waals surface area contributed by atoms with E-state index in [0.717, 1.165) is 5.69 Å². The Morgan fingerprint density at radius 1 is 0.862 bits per heavy atom. The van der Waals surface area contributed by atoms with Crippen LogP contribution in [0.25, 0.3) is 0 Å². The highest BCUT2D eigenvalue weighted by Crippen LogP contribution is 2.20. The molecule has 0 unspecified atom stereocenters. The Labute approximate surface area is 171 Å². The largest absolute Gasteiger partial charge is 0.376 e. The van der Waals surface area contributed by atoms with Crippen molar-refractivity contribution in [2.75, 3.05) is 36.6 Å². The molecule has 7 heteroatoms. The van der Waals surface area contributed by atoms with Crippen LogP contribution < -0.4 is 16.0 Å². The summed E-state index contributed by atoms with van der Waals surface area (Å²) in [6.07, 6.45) is 0. The quantitative estimate of drug-likeness (QED) is 0.698. The van der Waals surface area contributed by atoms with Crippen molar-refractivity contribution in [3.8, 4) is 0 Å². The minimum absolute atomic E-state index is 0.0690. The van der Waals surface area contributed by atoms with Crippen LogP contribution in [0.4, 0.5) is 17.1 Å². The second-order valence-corrected chi connectivity index (χ2v) is 7.96. The second kappa shape index (κ2) is 9.23. The zero-order valence-electron chi connectivity index (χ0n) is 17.5. The van der Waals surface area contributed by atoms with E-state index in [0.29, 0.717) is 16.9 Å². The van der Waals surface area contributed by atoms with E-state index >= 15 is 0 Å². The summed E-state index contributed by atoms with van der Waals surface area (Å²) in [6.45, 7) is 5.58. The predicted molar refractivity (Wildman–Crippen MR) is 116 cm³/mol. The number of hydrogen-bond acceptors (Lipinski definition) is 4. The van der Waals surface area contributed by atoms with Gasteiger partial charge < -0.3 is 20.9 Å². The van der Waals surface area contributed by atoms with Crippen molar-refractivity contribution in [1.82, 2.24) is 4.90 Å². The van der Waals surface area contributed by atoms with Crippen LogP contribution in [-0.4, -0.2) is 43.3 Å². The molecule has 2 aromatic rings. The first-order valence-corrected chi connectivity index (χ1v) is 9.33. The molecule has 0 atom stereocenters. The lowest BCUT2D eigenvalue weighted by Gasteiger charge is -2.18. The maximum absolute atomic E-state index is 12.2. The van der Waals surface area contributed by atoms with E-state index in [2.05, 4.69) is 16.0 Å². The summed E-state index contributed by atoms with van der Waals surface area (Å²) in [6, 6.07) is 13.9. The maximum Gasteiger partial charge on any atom is 0.253 e. The summed E-state index contributed by atoms with van der Waals surface area (Å²) in [5, 5.41) is 8.65. The van der Waals surface area contributed by atoms with Gasteiger partial charge in [-0.25, -0.2) is 0 Å². The van der Waals surface area contributed by atoms with Gasteiger partial charge in [-0.3, -0.25) is 14.4 Å². The summed E-state index contributed by atoms with van der Waals surface area (Å²) in [5.41, 5.74) is 2.03. The van der Waals surface area contributed by atoms with E-state index in [4.69, 9.17) is 0 Å². The number of anilines is 3. The van der Waals surface area contributed by atoms with Gasteiger partial charge in [0, 0.05) is 42.1 Å². The molecule has 0 aliphatic carbocycles. The average molecular weight is 396 g/mol. The highest BCUT2D eigenvalue weighted by molar-refractivity contribution is 5.97. The highest BCUT2D eigenvalue weighted by Gasteiger charge is 2.21. The predicted octanol–water partition coefficient (Wildman–Crippen LogP) is 3.42. The Morgan fingerprint density at radius 2 is 1.45 bits per heavy atom. The third kappa shape index (κ3) is 6.64. The minimum Gasteiger partial charge on any atom is -0.376 e. The van der Waals surface area contributed by atoms with Crippen LogP contribution in [0.5, 0.6) is 0 Å². The van der Waals surface area contributed by atoms with Crippen molar-refractivity contribution < 1.29 is 14.4 Å². The number of nitrogens with one attached hydrogen (secondary N) is 3. The topological polar surface area (TPSA) is 90.5 Å². The van der Waals surface area contributed by atoms with Crippen LogP contribution in [0, 0.1) is 5.41 Å². The smallest absolute Gasteiger partial charge is 0.253 e. The second-order valence-electron chi connectivity index (χ2n) is 7.96. The van der Waals surface area contributed by atoms with E-state index in [1.807, 2.05) is 20.8 Å². The summed E-state index contributed by atoms with van der Waals surface area (Å²) < 4.78 is 0. The highest BCUT2D eigenvalue weighted by atomic mass is 16.2. The zero-order valence-corrected chi connectivity index (χ0v) is 17.5. The van der Waals surface area contributed by atoms with Crippen molar-refractivity contribution in [1.29, 1.82) is 0 Å². The van der Waals surface area contributed by atoms with E-state index in [1.165, 1.54) is 4.90 Å². The Balaban J connectivity index is 1.90. The van der Waals surface area contributed by atoms with Gasteiger partial charge in [-0.2, -0.15) is 0 Å². The molecule has 0 spiro atoms. The van der Waals surface area contributed by atoms with Gasteiger partial charge in [-0.1, -0.05) is 26.8 Å². The van der Waals surface area contributed by atoms with Crippen molar-refractivity contribution >= 4 is 34.8 Å². The molecule has 0 radical (unpaired) electrons. The van der Waals surface area contributed by atoms with Gasteiger partial charge in [-0.15, -0.1) is 0 Å². The molecule has 2 rings (SSSR count). The van der Waals surface area contributed by atoms with Crippen LogP contribution in [0.15, 0.2) is 48.5 Å². The van der Waals surface area contributed by atoms with Gasteiger partial charge in [0.25, 0.3) is 5.91 Å². The maximum atomic E-state index is 12.2. The van der Waals surface area contributed by atoms with Gasteiger partial charge in [0.05, 0.1) is 6.54 Å². The normalized spacial score (nSPS) is 10.8. The lowest BCUT2D eigenvalue weighted by Crippen LogP contribution is -2.27. The van der Waals surface area contributed by atoms with Gasteiger partial charge in [0.15, 0.2) is 0 Å². The first-order valence-electron chi connectivity index (χ1n) is 9.33. The van der Waals surface area contributed by atoms with Crippen LogP contribution in [0.3, 0.4) is 0 Å². The molecule has 0 aliphatic rings. The molecule has 0 saturated heterocycles. The van der Waals surface area contributed by atoms with Crippen molar-refractivity contribution in [2.24, 2.45) is 5.41 Å². The number of carbonyl (C=O) groups excluding carboxylic acids is 3. The monoisotopic (exact) mass is 396 g/mol. The van der Waals surface area contributed by atoms with E-state index < -0.39 is 5.41 Å². The molecule has 2 aromatic carbocycles. The number of hydrogen-bond donors (Lipinski definition) is 3. The number of nitrogens with zero attached hydrogens (tertiary/aromatic N) is 1. The van der Waals surface area contributed by atoms with E-state index in [-0.39, 0.29) is 24.3 Å². The number of amides is 3. The fourth-order valence-corrected chi connectivity index (χ4v) is 2.37. The van der Waals surface area contributed by atoms with Gasteiger partial charge in [0.1, 0.15) is 0 Å². The van der Waals surface area contributed by atoms with Crippen LogP contribution in [0.2, 0.25) is 0 Å². The Morgan fingerprint density at radius 3 is 2.00 bits per heavy atom. The zero-order chi connectivity index (χ0) is 21.6. The summed E-state index contributed by atoms with van der Waals surface area (Å²) in [4.78, 5) is 37.7. The number of rotatable bonds is 6. The van der Waals surface area contributed by atoms with Crippen LogP contribution >= 0.6 is 0 Å². The fourth-order valence-electron chi connectivity index (χ4n) is 2.37. The van der Waals surface area contributed by atoms with E-state index in [1.54, 1.807) is 62.6 Å². The Hall–Kier alpha value is -3.35. The van der Waals surface area contributed by atoms with Crippen LogP contribution in [0.1, 0.15) is 31.1 Å². The molecular formula is C22H28N4O3. The van der Waals surface area contributed by atoms with Crippen LogP contribution in [-0.2, 0) is 9.59 Å². The lowest BCUT2D eigenvalue weighted by molar-refractivity contribution is -0.123. The molecule has 0 heterocycles. The standard InChI is InChI=1S/C22H28N4O3/c1-22(2,3)21(29)25-18-8-6-7-17(13-18)24-19(27)14-23-16-11-9-15(10-12-16)20(28)26(4)5/h6-13,23H,14H2,1-5H3,(H,24,27)(H,25,29). The Kier molecular flexibility index (Phi) is 6.98. The minimum atomic E-state index is -0.504. The molecule has 7 nitrogen and oxygen atoms in total. The third-order valence-electron chi connectivity index (χ3n) is 4.08. The molecule has 0 aromatic heterocycles. The van der Waals surface area contributed by atoms with Crippen molar-refractivity contribution in [2.45, 2.75) is 20.8 Å². The van der Waals surface area contributed by atoms with Crippen molar-refractivity contribution in [3.05, 3.63) is 54.1 Å². The molecule has 154 valence electrons. The molecular weight excluding hydrogens is 368 g/mol. The summed E-state index contributed by atoms with van der Waals surface area (Å²) >= 11 is 0. The first kappa shape index (κ1) is 21.9. The van der Waals surface area contributed by atoms with E-state index in [9.17, 15) is 14.4 Å². The molecule has 0 bridgehead atoms. The third-order valence-corrected chi connectivity index (χ3v) is 4.08. The first-order chi connectivity index (χ1) is 13.6. The molecule has 3 N–H and O–H groups in total. The lowest BCUT2D eigenvalue weighted by atomic mass is 9.95. The molecule has 29 heavy (non-hydrogen) atoms. The van der Waals surface area contributed by atoms with Gasteiger partial charge in [0.2, 0.25) is 11.8 Å². The SMILES string of the molecule is CN(C)C(=O)c1ccc(NCC(=O)Nc2cccc(NC(=O)C(C)(C)C)c2)cc1. The fraction of sp³-hybridized carbons (Fsp3) is 0.318. The number of carbonyl (C=O) groups is 3. The Bertz CT molecular complexity index is 884. The molecule has 0 aliphatic heterocycles. The number of benzene rings is 2. The van der Waals surface area contributed by atoms with Gasteiger partial charge >= 0.3 is 0 Å². The summed E-state index contributed by atoms with van der Waals surface area (Å²) in [5.74, 6) is -0.399. The molecule has 0 fully saturated rings.